The first kappa shape index (κ1) is 10.5. The Morgan fingerprint density at radius 3 is 3.00 bits per heavy atom. The third-order valence-corrected chi connectivity index (χ3v) is 2.59. The maximum Gasteiger partial charge on any atom is 0.141 e. The van der Waals surface area contributed by atoms with Crippen molar-refractivity contribution in [3.63, 3.8) is 0 Å². The zero-order valence-electron chi connectivity index (χ0n) is 8.85. The molecule has 0 bridgehead atoms. The van der Waals surface area contributed by atoms with E-state index in [0.29, 0.717) is 5.92 Å². The number of aromatic nitrogens is 2. The summed E-state index contributed by atoms with van der Waals surface area (Å²) in [5, 5.41) is 3.37. The third-order valence-electron chi connectivity index (χ3n) is 2.59. The topological polar surface area (TPSA) is 47.0 Å². The predicted octanol–water partition coefficient (Wildman–Crippen LogP) is 0.993. The van der Waals surface area contributed by atoms with E-state index in [0.717, 1.165) is 32.1 Å². The first-order valence-corrected chi connectivity index (χ1v) is 5.49. The van der Waals surface area contributed by atoms with Crippen molar-refractivity contribution in [3.8, 4) is 0 Å². The second-order valence-corrected chi connectivity index (χ2v) is 3.88. The normalized spacial score (nSPS) is 21.5. The van der Waals surface area contributed by atoms with Gasteiger partial charge in [-0.15, -0.1) is 0 Å². The van der Waals surface area contributed by atoms with Crippen LogP contribution in [0.2, 0.25) is 0 Å². The number of hydrogen-bond donors (Lipinski definition) is 1. The number of nitrogens with zero attached hydrogens (tertiary/aromatic N) is 2. The summed E-state index contributed by atoms with van der Waals surface area (Å²) in [6.45, 7) is 3.57. The quantitative estimate of drug-likeness (QED) is 0.800. The van der Waals surface area contributed by atoms with Gasteiger partial charge in [0, 0.05) is 25.5 Å². The molecule has 0 aliphatic carbocycles. The molecule has 1 N–H and O–H groups in total. The van der Waals surface area contributed by atoms with Gasteiger partial charge in [-0.05, 0) is 24.8 Å². The van der Waals surface area contributed by atoms with Gasteiger partial charge in [-0.1, -0.05) is 0 Å². The summed E-state index contributed by atoms with van der Waals surface area (Å²) in [7, 11) is 0. The van der Waals surface area contributed by atoms with Gasteiger partial charge in [0.15, 0.2) is 0 Å². The van der Waals surface area contributed by atoms with Gasteiger partial charge in [-0.25, -0.2) is 9.97 Å². The molecular weight excluding hydrogens is 190 g/mol. The average molecular weight is 207 g/mol. The van der Waals surface area contributed by atoms with Gasteiger partial charge in [0.2, 0.25) is 0 Å². The largest absolute Gasteiger partial charge is 0.381 e. The van der Waals surface area contributed by atoms with E-state index in [1.165, 1.54) is 12.8 Å². The molecule has 1 aliphatic heterocycles. The molecule has 0 saturated carbocycles. The minimum absolute atomic E-state index is 0.655. The van der Waals surface area contributed by atoms with Gasteiger partial charge < -0.3 is 10.1 Å². The van der Waals surface area contributed by atoms with E-state index in [1.807, 2.05) is 6.07 Å². The molecule has 0 spiro atoms. The summed E-state index contributed by atoms with van der Waals surface area (Å²) in [6, 6.07) is 1.83. The molecule has 0 radical (unpaired) electrons. The van der Waals surface area contributed by atoms with Crippen LogP contribution in [0.5, 0.6) is 0 Å². The van der Waals surface area contributed by atoms with Gasteiger partial charge in [0.05, 0.1) is 13.2 Å². The minimum atomic E-state index is 0.655. The number of nitrogens with one attached hydrogen (secondary N) is 1. The van der Waals surface area contributed by atoms with E-state index in [1.54, 1.807) is 12.4 Å². The molecule has 1 unspecified atom stereocenters. The lowest BCUT2D eigenvalue weighted by molar-refractivity contribution is 0.0547. The van der Waals surface area contributed by atoms with Crippen molar-refractivity contribution in [2.24, 2.45) is 5.92 Å². The van der Waals surface area contributed by atoms with E-state index in [2.05, 4.69) is 15.3 Å². The first-order valence-electron chi connectivity index (χ1n) is 5.49. The molecule has 2 heterocycles. The second-order valence-electron chi connectivity index (χ2n) is 3.88. The lowest BCUT2D eigenvalue weighted by atomic mass is 10.0. The number of hydrogen-bond acceptors (Lipinski definition) is 4. The molecular formula is C11H17N3O. The van der Waals surface area contributed by atoms with Crippen molar-refractivity contribution in [2.75, 3.05) is 19.8 Å². The highest BCUT2D eigenvalue weighted by atomic mass is 16.5. The van der Waals surface area contributed by atoms with Gasteiger partial charge >= 0.3 is 0 Å². The minimum Gasteiger partial charge on any atom is -0.381 e. The van der Waals surface area contributed by atoms with Crippen molar-refractivity contribution >= 4 is 0 Å². The zero-order valence-corrected chi connectivity index (χ0v) is 8.85. The molecule has 1 atom stereocenters. The third kappa shape index (κ3) is 3.57. The molecule has 1 aromatic rings. The van der Waals surface area contributed by atoms with Crippen LogP contribution in [0.15, 0.2) is 18.5 Å². The van der Waals surface area contributed by atoms with Gasteiger partial charge in [0.25, 0.3) is 0 Å². The molecule has 1 aliphatic rings. The van der Waals surface area contributed by atoms with Crippen molar-refractivity contribution in [1.29, 1.82) is 0 Å². The Kier molecular flexibility index (Phi) is 4.05. The molecule has 0 aromatic carbocycles. The highest BCUT2D eigenvalue weighted by Gasteiger charge is 2.12. The lowest BCUT2D eigenvalue weighted by Gasteiger charge is -2.22. The van der Waals surface area contributed by atoms with Crippen LogP contribution in [0.25, 0.3) is 0 Å². The zero-order chi connectivity index (χ0) is 10.3. The molecule has 1 aromatic heterocycles. The Bertz CT molecular complexity index is 272. The average Bonchev–Trinajstić information content (AvgIpc) is 2.32. The van der Waals surface area contributed by atoms with Crippen LogP contribution in [0.3, 0.4) is 0 Å². The van der Waals surface area contributed by atoms with Crippen LogP contribution in [-0.4, -0.2) is 29.7 Å². The summed E-state index contributed by atoms with van der Waals surface area (Å²) in [4.78, 5) is 8.31. The second kappa shape index (κ2) is 5.78. The molecule has 82 valence electrons. The molecule has 0 amide bonds. The molecule has 2 rings (SSSR count). The predicted molar refractivity (Wildman–Crippen MR) is 57.3 cm³/mol. The van der Waals surface area contributed by atoms with Crippen LogP contribution in [-0.2, 0) is 11.3 Å². The molecule has 4 nitrogen and oxygen atoms in total. The van der Waals surface area contributed by atoms with Gasteiger partial charge in [0.1, 0.15) is 5.82 Å². The SMILES string of the molecule is c1cnc(CNCC2CCCOC2)nc1. The van der Waals surface area contributed by atoms with Gasteiger partial charge in [-0.3, -0.25) is 0 Å². The van der Waals surface area contributed by atoms with Gasteiger partial charge in [-0.2, -0.15) is 0 Å². The lowest BCUT2D eigenvalue weighted by Crippen LogP contribution is -2.29. The summed E-state index contributed by atoms with van der Waals surface area (Å²) < 4.78 is 5.41. The summed E-state index contributed by atoms with van der Waals surface area (Å²) in [6.07, 6.45) is 6.00. The molecule has 15 heavy (non-hydrogen) atoms. The molecule has 1 saturated heterocycles. The van der Waals surface area contributed by atoms with Crippen LogP contribution in [0.4, 0.5) is 0 Å². The van der Waals surface area contributed by atoms with E-state index >= 15 is 0 Å². The summed E-state index contributed by atoms with van der Waals surface area (Å²) >= 11 is 0. The Hall–Kier alpha value is -1.00. The van der Waals surface area contributed by atoms with E-state index in [4.69, 9.17) is 4.74 Å². The maximum absolute atomic E-state index is 5.41. The highest BCUT2D eigenvalue weighted by molar-refractivity contribution is 4.87. The Morgan fingerprint density at radius 2 is 2.27 bits per heavy atom. The Labute approximate surface area is 90.1 Å². The smallest absolute Gasteiger partial charge is 0.141 e. The number of ether oxygens (including phenoxy) is 1. The van der Waals surface area contributed by atoms with Crippen molar-refractivity contribution in [2.45, 2.75) is 19.4 Å². The molecule has 4 heteroatoms. The van der Waals surface area contributed by atoms with Crippen LogP contribution >= 0.6 is 0 Å². The van der Waals surface area contributed by atoms with Crippen molar-refractivity contribution in [1.82, 2.24) is 15.3 Å². The highest BCUT2D eigenvalue weighted by Crippen LogP contribution is 2.12. The fourth-order valence-corrected chi connectivity index (χ4v) is 1.78. The Morgan fingerprint density at radius 1 is 1.40 bits per heavy atom. The van der Waals surface area contributed by atoms with E-state index in [-0.39, 0.29) is 0 Å². The maximum atomic E-state index is 5.41. The standard InChI is InChI=1S/C11H17N3O/c1-3-10(9-15-6-1)7-12-8-11-13-4-2-5-14-11/h2,4-5,10,12H,1,3,6-9H2. The fourth-order valence-electron chi connectivity index (χ4n) is 1.78. The van der Waals surface area contributed by atoms with Crippen molar-refractivity contribution < 1.29 is 4.74 Å². The monoisotopic (exact) mass is 207 g/mol. The fraction of sp³-hybridized carbons (Fsp3) is 0.636. The number of rotatable bonds is 4. The van der Waals surface area contributed by atoms with Crippen LogP contribution in [0, 0.1) is 5.92 Å². The molecule has 1 fully saturated rings. The van der Waals surface area contributed by atoms with Crippen LogP contribution in [0.1, 0.15) is 18.7 Å². The van der Waals surface area contributed by atoms with E-state index < -0.39 is 0 Å². The van der Waals surface area contributed by atoms with Crippen LogP contribution < -0.4 is 5.32 Å². The first-order chi connectivity index (χ1) is 7.45. The Balaban J connectivity index is 1.66. The van der Waals surface area contributed by atoms with E-state index in [9.17, 15) is 0 Å². The summed E-state index contributed by atoms with van der Waals surface area (Å²) in [5.41, 5.74) is 0. The summed E-state index contributed by atoms with van der Waals surface area (Å²) in [5.74, 6) is 1.51. The van der Waals surface area contributed by atoms with Crippen molar-refractivity contribution in [3.05, 3.63) is 24.3 Å².